The third-order valence-corrected chi connectivity index (χ3v) is 2.58. The molecule has 1 rings (SSSR count). The second-order valence-corrected chi connectivity index (χ2v) is 4.24. The van der Waals surface area contributed by atoms with Crippen LogP contribution in [0, 0.1) is 11.7 Å². The van der Waals surface area contributed by atoms with E-state index in [2.05, 4.69) is 0 Å². The predicted molar refractivity (Wildman–Crippen MR) is 62.7 cm³/mol. The first-order valence-corrected chi connectivity index (χ1v) is 5.32. The van der Waals surface area contributed by atoms with Gasteiger partial charge < -0.3 is 15.6 Å². The first kappa shape index (κ1) is 13.3. The number of halogens is 1. The molecule has 0 saturated carbocycles. The number of benzene rings is 1. The highest BCUT2D eigenvalue weighted by Gasteiger charge is 2.17. The van der Waals surface area contributed by atoms with Gasteiger partial charge in [-0.3, -0.25) is 0 Å². The summed E-state index contributed by atoms with van der Waals surface area (Å²) < 4.78 is 18.9. The predicted octanol–water partition coefficient (Wildman–Crippen LogP) is 2.53. The van der Waals surface area contributed by atoms with Gasteiger partial charge in [0.2, 0.25) is 0 Å². The lowest BCUT2D eigenvalue weighted by Crippen LogP contribution is -2.19. The van der Waals surface area contributed by atoms with Crippen LogP contribution in [-0.4, -0.2) is 17.2 Å². The van der Waals surface area contributed by atoms with Crippen molar-refractivity contribution in [3.63, 3.8) is 0 Å². The van der Waals surface area contributed by atoms with Gasteiger partial charge in [-0.05, 0) is 18.9 Å². The maximum atomic E-state index is 13.4. The Morgan fingerprint density at radius 1 is 1.41 bits per heavy atom. The molecule has 0 heterocycles. The first-order valence-electron chi connectivity index (χ1n) is 5.32. The van der Waals surface area contributed by atoms with Gasteiger partial charge in [-0.25, -0.2) is 9.18 Å². The van der Waals surface area contributed by atoms with Crippen molar-refractivity contribution in [3.05, 3.63) is 23.5 Å². The van der Waals surface area contributed by atoms with Crippen LogP contribution in [-0.2, 0) is 0 Å². The molecule has 0 fully saturated rings. The summed E-state index contributed by atoms with van der Waals surface area (Å²) >= 11 is 0. The Labute approximate surface area is 99.2 Å². The molecule has 4 nitrogen and oxygen atoms in total. The Bertz CT molecular complexity index is 432. The second-order valence-electron chi connectivity index (χ2n) is 4.24. The van der Waals surface area contributed by atoms with Crippen molar-refractivity contribution in [3.8, 4) is 5.75 Å². The number of carbonyl (C=O) groups is 1. The summed E-state index contributed by atoms with van der Waals surface area (Å²) in [4.78, 5) is 10.7. The number of carboxylic acids is 1. The van der Waals surface area contributed by atoms with Gasteiger partial charge in [0.05, 0.1) is 17.4 Å². The number of nitrogen functional groups attached to an aromatic ring is 1. The lowest BCUT2D eigenvalue weighted by Gasteiger charge is -2.19. The van der Waals surface area contributed by atoms with E-state index in [1.807, 2.05) is 20.8 Å². The van der Waals surface area contributed by atoms with Crippen molar-refractivity contribution >= 4 is 11.7 Å². The minimum absolute atomic E-state index is 0.122. The Kier molecular flexibility index (Phi) is 3.93. The number of ether oxygens (including phenoxy) is 1. The van der Waals surface area contributed by atoms with Gasteiger partial charge in [0.25, 0.3) is 0 Å². The van der Waals surface area contributed by atoms with Crippen LogP contribution in [0.5, 0.6) is 5.75 Å². The smallest absolute Gasteiger partial charge is 0.338 e. The van der Waals surface area contributed by atoms with E-state index in [9.17, 15) is 9.18 Å². The summed E-state index contributed by atoms with van der Waals surface area (Å²) in [5.41, 5.74) is 5.29. The van der Waals surface area contributed by atoms with E-state index in [0.717, 1.165) is 12.1 Å². The van der Waals surface area contributed by atoms with E-state index in [1.54, 1.807) is 0 Å². The third-order valence-electron chi connectivity index (χ3n) is 2.58. The number of rotatable bonds is 4. The summed E-state index contributed by atoms with van der Waals surface area (Å²) in [6, 6.07) is 2.08. The summed E-state index contributed by atoms with van der Waals surface area (Å²) in [6.45, 7) is 5.76. The lowest BCUT2D eigenvalue weighted by atomic mass is 10.1. The molecule has 0 saturated heterocycles. The molecule has 5 heteroatoms. The van der Waals surface area contributed by atoms with Crippen LogP contribution in [0.4, 0.5) is 10.1 Å². The van der Waals surface area contributed by atoms with Crippen LogP contribution in [0.25, 0.3) is 0 Å². The van der Waals surface area contributed by atoms with Crippen LogP contribution < -0.4 is 10.5 Å². The molecule has 0 bridgehead atoms. The molecule has 1 aromatic rings. The molecule has 1 atom stereocenters. The molecule has 0 amide bonds. The maximum Gasteiger partial charge on any atom is 0.338 e. The molecule has 1 aromatic carbocycles. The Balaban J connectivity index is 3.03. The Morgan fingerprint density at radius 2 is 2.00 bits per heavy atom. The molecule has 1 unspecified atom stereocenters. The molecule has 3 N–H and O–H groups in total. The van der Waals surface area contributed by atoms with Crippen molar-refractivity contribution in [2.75, 3.05) is 5.73 Å². The minimum atomic E-state index is -1.35. The van der Waals surface area contributed by atoms with Gasteiger partial charge in [0.1, 0.15) is 11.6 Å². The topological polar surface area (TPSA) is 72.5 Å². The average molecular weight is 241 g/mol. The molecule has 17 heavy (non-hydrogen) atoms. The molecule has 94 valence electrons. The zero-order chi connectivity index (χ0) is 13.2. The number of hydrogen-bond acceptors (Lipinski definition) is 3. The lowest BCUT2D eigenvalue weighted by molar-refractivity contribution is 0.0692. The monoisotopic (exact) mass is 241 g/mol. The van der Waals surface area contributed by atoms with Crippen molar-refractivity contribution in [2.24, 2.45) is 5.92 Å². The first-order chi connectivity index (χ1) is 7.82. The van der Waals surface area contributed by atoms with Gasteiger partial charge in [-0.2, -0.15) is 0 Å². The highest BCUT2D eigenvalue weighted by Crippen LogP contribution is 2.27. The summed E-state index contributed by atoms with van der Waals surface area (Å²) in [7, 11) is 0. The molecule has 0 aliphatic heterocycles. The molecule has 0 radical (unpaired) electrons. The van der Waals surface area contributed by atoms with Crippen LogP contribution in [0.1, 0.15) is 31.1 Å². The fourth-order valence-corrected chi connectivity index (χ4v) is 1.17. The fraction of sp³-hybridized carbons (Fsp3) is 0.417. The molecule has 0 aliphatic carbocycles. The van der Waals surface area contributed by atoms with Gasteiger partial charge in [0, 0.05) is 6.07 Å². The van der Waals surface area contributed by atoms with Gasteiger partial charge in [-0.15, -0.1) is 0 Å². The minimum Gasteiger partial charge on any atom is -0.488 e. The van der Waals surface area contributed by atoms with Crippen LogP contribution >= 0.6 is 0 Å². The molecular formula is C12H16FNO3. The summed E-state index contributed by atoms with van der Waals surface area (Å²) in [6.07, 6.45) is -0.132. The molecule has 0 spiro atoms. The molecule has 0 aromatic heterocycles. The van der Waals surface area contributed by atoms with Crippen LogP contribution in [0.2, 0.25) is 0 Å². The average Bonchev–Trinajstić information content (AvgIpc) is 2.22. The van der Waals surface area contributed by atoms with E-state index in [1.165, 1.54) is 0 Å². The Hall–Kier alpha value is -1.78. The Morgan fingerprint density at radius 3 is 2.47 bits per heavy atom. The molecular weight excluding hydrogens is 225 g/mol. The van der Waals surface area contributed by atoms with E-state index in [4.69, 9.17) is 15.6 Å². The standard InChI is InChI=1S/C12H16FNO3/c1-6(2)7(3)17-11-5-9(13)8(12(15)16)4-10(11)14/h4-7H,14H2,1-3H3,(H,15,16). The number of aromatic carboxylic acids is 1. The SMILES string of the molecule is CC(C)C(C)Oc1cc(F)c(C(=O)O)cc1N. The zero-order valence-corrected chi connectivity index (χ0v) is 10.0. The zero-order valence-electron chi connectivity index (χ0n) is 10.0. The third kappa shape index (κ3) is 3.09. The van der Waals surface area contributed by atoms with Gasteiger partial charge in [-0.1, -0.05) is 13.8 Å². The number of hydrogen-bond donors (Lipinski definition) is 2. The number of nitrogens with two attached hydrogens (primary N) is 1. The quantitative estimate of drug-likeness (QED) is 0.794. The van der Waals surface area contributed by atoms with Crippen molar-refractivity contribution in [2.45, 2.75) is 26.9 Å². The van der Waals surface area contributed by atoms with Crippen molar-refractivity contribution in [1.82, 2.24) is 0 Å². The number of carboxylic acid groups (broad SMARTS) is 1. The van der Waals surface area contributed by atoms with Crippen molar-refractivity contribution in [1.29, 1.82) is 0 Å². The van der Waals surface area contributed by atoms with Gasteiger partial charge >= 0.3 is 5.97 Å². The largest absolute Gasteiger partial charge is 0.488 e. The maximum absolute atomic E-state index is 13.4. The highest BCUT2D eigenvalue weighted by molar-refractivity contribution is 5.89. The second kappa shape index (κ2) is 5.03. The number of anilines is 1. The van der Waals surface area contributed by atoms with Crippen LogP contribution in [0.3, 0.4) is 0 Å². The van der Waals surface area contributed by atoms with Crippen LogP contribution in [0.15, 0.2) is 12.1 Å². The van der Waals surface area contributed by atoms with E-state index >= 15 is 0 Å². The van der Waals surface area contributed by atoms with E-state index in [0.29, 0.717) is 0 Å². The fourth-order valence-electron chi connectivity index (χ4n) is 1.17. The summed E-state index contributed by atoms with van der Waals surface area (Å²) in [5.74, 6) is -1.78. The van der Waals surface area contributed by atoms with E-state index < -0.39 is 17.3 Å². The van der Waals surface area contributed by atoms with E-state index in [-0.39, 0.29) is 23.5 Å². The van der Waals surface area contributed by atoms with Crippen molar-refractivity contribution < 1.29 is 19.0 Å². The normalized spacial score (nSPS) is 12.5. The summed E-state index contributed by atoms with van der Waals surface area (Å²) in [5, 5.41) is 8.71. The highest BCUT2D eigenvalue weighted by atomic mass is 19.1. The molecule has 0 aliphatic rings. The van der Waals surface area contributed by atoms with Gasteiger partial charge in [0.15, 0.2) is 0 Å².